The van der Waals surface area contributed by atoms with E-state index >= 15 is 0 Å². The minimum Gasteiger partial charge on any atom is -0.491 e. The van der Waals surface area contributed by atoms with Gasteiger partial charge in [0, 0.05) is 48.5 Å². The number of non-ortho nitro benzene ring substituents is 1. The zero-order chi connectivity index (χ0) is 28.3. The van der Waals surface area contributed by atoms with Gasteiger partial charge < -0.3 is 29.2 Å². The van der Waals surface area contributed by atoms with Crippen molar-refractivity contribution < 1.29 is 38.3 Å². The largest absolute Gasteiger partial charge is 0.491 e. The monoisotopic (exact) mass is 556 g/mol. The van der Waals surface area contributed by atoms with Gasteiger partial charge in [0.15, 0.2) is 0 Å². The highest BCUT2D eigenvalue weighted by Crippen LogP contribution is 2.32. The summed E-state index contributed by atoms with van der Waals surface area (Å²) in [5.74, 6) is -0.405. The molecule has 2 N–H and O–H groups in total. The number of carbonyl (C=O) groups excluding carboxylic acids is 3. The van der Waals surface area contributed by atoms with E-state index in [2.05, 4.69) is 10.6 Å². The normalized spacial score (nSPS) is 16.6. The van der Waals surface area contributed by atoms with E-state index in [0.717, 1.165) is 11.3 Å². The summed E-state index contributed by atoms with van der Waals surface area (Å²) in [6.45, 7) is 3.60. The van der Waals surface area contributed by atoms with Crippen molar-refractivity contribution in [2.45, 2.75) is 25.4 Å². The first-order valence-corrected chi connectivity index (χ1v) is 13.0. The van der Waals surface area contributed by atoms with Gasteiger partial charge in [-0.3, -0.25) is 29.8 Å². The molecular weight excluding hydrogens is 524 g/mol. The Balaban J connectivity index is 1.03. The standard InChI is InChI=1S/C27H32N4O9/c32-25-9-8-24(26(33)29-25)30-18-22-21(27(30)34)2-1-3-23(22)28-10-11-37-12-13-38-14-15-39-16-17-40-20-6-4-19(5-7-20)31(35)36/h1-7,24,28H,8-18H2,(H,29,32,33). The van der Waals surface area contributed by atoms with Gasteiger partial charge in [0.25, 0.3) is 11.6 Å². The predicted molar refractivity (Wildman–Crippen MR) is 142 cm³/mol. The van der Waals surface area contributed by atoms with Gasteiger partial charge in [-0.2, -0.15) is 0 Å². The molecule has 0 spiro atoms. The summed E-state index contributed by atoms with van der Waals surface area (Å²) in [6, 6.07) is 10.6. The van der Waals surface area contributed by atoms with Crippen LogP contribution in [0.2, 0.25) is 0 Å². The third-order valence-electron chi connectivity index (χ3n) is 6.43. The molecule has 13 heteroatoms. The highest BCUT2D eigenvalue weighted by Gasteiger charge is 2.39. The Kier molecular flexibility index (Phi) is 10.4. The van der Waals surface area contributed by atoms with E-state index in [1.807, 2.05) is 6.07 Å². The predicted octanol–water partition coefficient (Wildman–Crippen LogP) is 1.90. The lowest BCUT2D eigenvalue weighted by Crippen LogP contribution is -2.52. The Morgan fingerprint density at radius 1 is 0.925 bits per heavy atom. The minimum atomic E-state index is -0.644. The molecule has 0 aromatic heterocycles. The number of hydrogen-bond donors (Lipinski definition) is 2. The van der Waals surface area contributed by atoms with Crippen LogP contribution in [-0.2, 0) is 30.3 Å². The number of anilines is 1. The molecule has 2 aromatic rings. The van der Waals surface area contributed by atoms with Crippen molar-refractivity contribution >= 4 is 29.1 Å². The maximum absolute atomic E-state index is 12.9. The molecule has 4 rings (SSSR count). The van der Waals surface area contributed by atoms with E-state index in [1.54, 1.807) is 24.3 Å². The molecule has 2 aliphatic heterocycles. The summed E-state index contributed by atoms with van der Waals surface area (Å²) in [7, 11) is 0. The molecule has 0 saturated carbocycles. The summed E-state index contributed by atoms with van der Waals surface area (Å²) in [5, 5.41) is 16.3. The number of hydrogen-bond acceptors (Lipinski definition) is 10. The Morgan fingerprint density at radius 3 is 2.27 bits per heavy atom. The van der Waals surface area contributed by atoms with Gasteiger partial charge in [-0.25, -0.2) is 0 Å². The molecule has 1 atom stereocenters. The van der Waals surface area contributed by atoms with Crippen LogP contribution in [0, 0.1) is 10.1 Å². The van der Waals surface area contributed by atoms with Gasteiger partial charge in [-0.05, 0) is 30.7 Å². The van der Waals surface area contributed by atoms with Crippen LogP contribution in [0.15, 0.2) is 42.5 Å². The van der Waals surface area contributed by atoms with E-state index in [1.165, 1.54) is 17.0 Å². The molecule has 1 saturated heterocycles. The molecule has 13 nitrogen and oxygen atoms in total. The van der Waals surface area contributed by atoms with E-state index in [-0.39, 0.29) is 23.9 Å². The molecule has 2 heterocycles. The van der Waals surface area contributed by atoms with Crippen molar-refractivity contribution in [2.24, 2.45) is 0 Å². The fourth-order valence-corrected chi connectivity index (χ4v) is 4.43. The molecular formula is C27H32N4O9. The van der Waals surface area contributed by atoms with Crippen LogP contribution < -0.4 is 15.4 Å². The highest BCUT2D eigenvalue weighted by atomic mass is 16.6. The average Bonchev–Trinajstić information content (AvgIpc) is 3.28. The van der Waals surface area contributed by atoms with E-state index in [9.17, 15) is 24.5 Å². The smallest absolute Gasteiger partial charge is 0.269 e. The molecule has 0 aliphatic carbocycles. The number of benzene rings is 2. The van der Waals surface area contributed by atoms with Crippen LogP contribution in [0.1, 0.15) is 28.8 Å². The number of carbonyl (C=O) groups is 3. The number of nitrogens with zero attached hydrogens (tertiary/aromatic N) is 2. The van der Waals surface area contributed by atoms with Crippen LogP contribution in [0.25, 0.3) is 0 Å². The Labute approximate surface area is 230 Å². The maximum Gasteiger partial charge on any atom is 0.269 e. The number of imide groups is 1. The minimum absolute atomic E-state index is 0.0122. The Morgan fingerprint density at radius 2 is 1.60 bits per heavy atom. The van der Waals surface area contributed by atoms with Gasteiger partial charge in [0.05, 0.1) is 44.6 Å². The first-order valence-electron chi connectivity index (χ1n) is 13.0. The second-order valence-electron chi connectivity index (χ2n) is 9.10. The fraction of sp³-hybridized carbons (Fsp3) is 0.444. The molecule has 214 valence electrons. The maximum atomic E-state index is 12.9. The second-order valence-corrected chi connectivity index (χ2v) is 9.10. The number of nitro benzene ring substituents is 1. The summed E-state index contributed by atoms with van der Waals surface area (Å²) in [6.07, 6.45) is 0.546. The van der Waals surface area contributed by atoms with Crippen LogP contribution in [-0.4, -0.2) is 86.4 Å². The summed E-state index contributed by atoms with van der Waals surface area (Å²) in [4.78, 5) is 48.3. The van der Waals surface area contributed by atoms with Crippen molar-refractivity contribution in [2.75, 3.05) is 58.1 Å². The molecule has 0 bridgehead atoms. The third kappa shape index (κ3) is 7.74. The zero-order valence-corrected chi connectivity index (χ0v) is 22.0. The van der Waals surface area contributed by atoms with E-state index in [0.29, 0.717) is 77.1 Å². The van der Waals surface area contributed by atoms with Crippen LogP contribution in [0.3, 0.4) is 0 Å². The number of rotatable bonds is 16. The molecule has 2 aliphatic rings. The third-order valence-corrected chi connectivity index (χ3v) is 6.43. The number of nitro groups is 1. The average molecular weight is 557 g/mol. The van der Waals surface area contributed by atoms with Crippen molar-refractivity contribution in [3.8, 4) is 5.75 Å². The Bertz CT molecular complexity index is 1200. The number of ether oxygens (including phenoxy) is 4. The molecule has 2 aromatic carbocycles. The number of fused-ring (bicyclic) bond motifs is 1. The van der Waals surface area contributed by atoms with E-state index in [4.69, 9.17) is 18.9 Å². The van der Waals surface area contributed by atoms with Gasteiger partial charge in [-0.15, -0.1) is 0 Å². The lowest BCUT2D eigenvalue weighted by Gasteiger charge is -2.29. The number of nitrogens with one attached hydrogen (secondary N) is 2. The second kappa shape index (κ2) is 14.4. The zero-order valence-electron chi connectivity index (χ0n) is 22.0. The summed E-state index contributed by atoms with van der Waals surface area (Å²) in [5.41, 5.74) is 2.22. The first-order chi connectivity index (χ1) is 19.4. The van der Waals surface area contributed by atoms with Crippen LogP contribution in [0.5, 0.6) is 5.75 Å². The number of piperidine rings is 1. The van der Waals surface area contributed by atoms with Gasteiger partial charge in [0.2, 0.25) is 11.8 Å². The van der Waals surface area contributed by atoms with Crippen molar-refractivity contribution in [1.82, 2.24) is 10.2 Å². The molecule has 1 fully saturated rings. The van der Waals surface area contributed by atoms with Crippen molar-refractivity contribution in [3.05, 3.63) is 63.7 Å². The fourth-order valence-electron chi connectivity index (χ4n) is 4.43. The quantitative estimate of drug-likeness (QED) is 0.135. The lowest BCUT2D eigenvalue weighted by atomic mass is 10.0. The molecule has 1 unspecified atom stereocenters. The molecule has 3 amide bonds. The van der Waals surface area contributed by atoms with Gasteiger partial charge >= 0.3 is 0 Å². The highest BCUT2D eigenvalue weighted by molar-refractivity contribution is 6.06. The summed E-state index contributed by atoms with van der Waals surface area (Å²) >= 11 is 0. The van der Waals surface area contributed by atoms with E-state index < -0.39 is 16.9 Å². The first kappa shape index (κ1) is 28.9. The van der Waals surface area contributed by atoms with Crippen LogP contribution >= 0.6 is 0 Å². The number of amides is 3. The topological polar surface area (TPSA) is 159 Å². The van der Waals surface area contributed by atoms with Crippen molar-refractivity contribution in [1.29, 1.82) is 0 Å². The lowest BCUT2D eigenvalue weighted by molar-refractivity contribution is -0.384. The Hall–Kier alpha value is -4.07. The van der Waals surface area contributed by atoms with Crippen molar-refractivity contribution in [3.63, 3.8) is 0 Å². The van der Waals surface area contributed by atoms with Gasteiger partial charge in [-0.1, -0.05) is 6.07 Å². The van der Waals surface area contributed by atoms with Crippen LogP contribution in [0.4, 0.5) is 11.4 Å². The molecule has 40 heavy (non-hydrogen) atoms. The molecule has 0 radical (unpaired) electrons. The summed E-state index contributed by atoms with van der Waals surface area (Å²) < 4.78 is 22.0. The SMILES string of the molecule is O=C1CCC(N2Cc3c(NCCOCCOCCOCCOc4ccc([N+](=O)[O-])cc4)cccc3C2=O)C(=O)N1. The van der Waals surface area contributed by atoms with Gasteiger partial charge in [0.1, 0.15) is 18.4 Å².